The lowest BCUT2D eigenvalue weighted by Crippen LogP contribution is -2.04. The number of aryl methyl sites for hydroxylation is 1. The molecule has 2 aromatic heterocycles. The van der Waals surface area contributed by atoms with Crippen molar-refractivity contribution >= 4 is 0 Å². The van der Waals surface area contributed by atoms with E-state index >= 15 is 0 Å². The Morgan fingerprint density at radius 3 is 3.06 bits per heavy atom. The summed E-state index contributed by atoms with van der Waals surface area (Å²) in [6.45, 7) is 3.19. The molecule has 1 N–H and O–H groups in total. The lowest BCUT2D eigenvalue weighted by Gasteiger charge is -2.02. The minimum Gasteiger partial charge on any atom is -0.484 e. The highest BCUT2D eigenvalue weighted by Gasteiger charge is 2.07. The van der Waals surface area contributed by atoms with Gasteiger partial charge in [-0.2, -0.15) is 0 Å². The van der Waals surface area contributed by atoms with E-state index in [-0.39, 0.29) is 0 Å². The number of furan rings is 1. The number of nitrogens with one attached hydrogen (secondary N) is 1. The van der Waals surface area contributed by atoms with Crippen LogP contribution in [-0.2, 0) is 13.2 Å². The fourth-order valence-electron chi connectivity index (χ4n) is 1.61. The van der Waals surface area contributed by atoms with Gasteiger partial charge in [0.2, 0.25) is 0 Å². The molecular formula is C13H16N2O2. The molecule has 2 aromatic rings. The van der Waals surface area contributed by atoms with Crippen LogP contribution in [0.1, 0.15) is 17.1 Å². The third-order valence-electron chi connectivity index (χ3n) is 2.45. The smallest absolute Gasteiger partial charge is 0.146 e. The number of nitrogens with zero attached hydrogens (tertiary/aromatic N) is 1. The van der Waals surface area contributed by atoms with E-state index in [0.717, 1.165) is 29.4 Å². The predicted octanol–water partition coefficient (Wildman–Crippen LogP) is 2.28. The first-order valence-electron chi connectivity index (χ1n) is 5.55. The van der Waals surface area contributed by atoms with Gasteiger partial charge in [0.05, 0.1) is 6.20 Å². The zero-order valence-electron chi connectivity index (χ0n) is 10.1. The van der Waals surface area contributed by atoms with E-state index in [4.69, 9.17) is 9.15 Å². The third kappa shape index (κ3) is 3.07. The fraction of sp³-hybridized carbons (Fsp3) is 0.308. The molecule has 0 atom stereocenters. The first kappa shape index (κ1) is 11.7. The quantitative estimate of drug-likeness (QED) is 0.859. The second-order valence-corrected chi connectivity index (χ2v) is 3.80. The summed E-state index contributed by atoms with van der Waals surface area (Å²) in [7, 11) is 1.91. The lowest BCUT2D eigenvalue weighted by molar-refractivity contribution is 0.266. The van der Waals surface area contributed by atoms with Crippen molar-refractivity contribution < 1.29 is 9.15 Å². The van der Waals surface area contributed by atoms with E-state index in [1.807, 2.05) is 32.2 Å². The van der Waals surface area contributed by atoms with Gasteiger partial charge in [0, 0.05) is 18.3 Å². The molecule has 17 heavy (non-hydrogen) atoms. The van der Waals surface area contributed by atoms with Crippen LogP contribution in [0, 0.1) is 6.92 Å². The normalized spacial score (nSPS) is 10.5. The largest absolute Gasteiger partial charge is 0.484 e. The lowest BCUT2D eigenvalue weighted by atomic mass is 10.2. The third-order valence-corrected chi connectivity index (χ3v) is 2.45. The first-order chi connectivity index (χ1) is 8.29. The van der Waals surface area contributed by atoms with Gasteiger partial charge in [-0.1, -0.05) is 0 Å². The number of aromatic nitrogens is 1. The maximum Gasteiger partial charge on any atom is 0.146 e. The molecule has 0 aliphatic heterocycles. The highest BCUT2D eigenvalue weighted by Crippen LogP contribution is 2.16. The van der Waals surface area contributed by atoms with Crippen LogP contribution in [0.4, 0.5) is 0 Å². The van der Waals surface area contributed by atoms with Crippen molar-refractivity contribution in [3.05, 3.63) is 47.7 Å². The van der Waals surface area contributed by atoms with Crippen LogP contribution in [0.5, 0.6) is 5.75 Å². The Balaban J connectivity index is 1.97. The van der Waals surface area contributed by atoms with Crippen molar-refractivity contribution in [2.75, 3.05) is 7.05 Å². The standard InChI is InChI=1S/C13H16N2O2/c1-10-11(7-14-2)6-13(17-10)9-16-12-4-3-5-15-8-12/h3-6,8,14H,7,9H2,1-2H3. The van der Waals surface area contributed by atoms with Gasteiger partial charge in [0.1, 0.15) is 23.9 Å². The second-order valence-electron chi connectivity index (χ2n) is 3.80. The molecule has 0 aromatic carbocycles. The summed E-state index contributed by atoms with van der Waals surface area (Å²) in [6, 6.07) is 5.73. The summed E-state index contributed by atoms with van der Waals surface area (Å²) in [6.07, 6.45) is 3.40. The minimum absolute atomic E-state index is 0.427. The van der Waals surface area contributed by atoms with Crippen molar-refractivity contribution in [1.82, 2.24) is 10.3 Å². The Morgan fingerprint density at radius 1 is 1.47 bits per heavy atom. The van der Waals surface area contributed by atoms with Gasteiger partial charge in [0.25, 0.3) is 0 Å². The number of hydrogen-bond donors (Lipinski definition) is 1. The molecule has 0 fully saturated rings. The number of rotatable bonds is 5. The maximum atomic E-state index is 5.60. The zero-order chi connectivity index (χ0) is 12.1. The van der Waals surface area contributed by atoms with Crippen LogP contribution in [0.2, 0.25) is 0 Å². The van der Waals surface area contributed by atoms with Crippen LogP contribution in [0.25, 0.3) is 0 Å². The van der Waals surface area contributed by atoms with E-state index in [2.05, 4.69) is 10.3 Å². The second kappa shape index (κ2) is 5.50. The van der Waals surface area contributed by atoms with Crippen LogP contribution in [-0.4, -0.2) is 12.0 Å². The van der Waals surface area contributed by atoms with Crippen LogP contribution >= 0.6 is 0 Å². The number of hydrogen-bond acceptors (Lipinski definition) is 4. The minimum atomic E-state index is 0.427. The highest BCUT2D eigenvalue weighted by atomic mass is 16.5. The maximum absolute atomic E-state index is 5.60. The first-order valence-corrected chi connectivity index (χ1v) is 5.55. The summed E-state index contributed by atoms with van der Waals surface area (Å²) in [5, 5.41) is 3.10. The molecule has 0 bridgehead atoms. The molecule has 0 aliphatic rings. The van der Waals surface area contributed by atoms with Crippen molar-refractivity contribution in [2.45, 2.75) is 20.1 Å². The molecule has 0 saturated carbocycles. The fourth-order valence-corrected chi connectivity index (χ4v) is 1.61. The molecule has 0 spiro atoms. The van der Waals surface area contributed by atoms with Crippen molar-refractivity contribution in [3.63, 3.8) is 0 Å². The average Bonchev–Trinajstić information content (AvgIpc) is 2.70. The van der Waals surface area contributed by atoms with E-state index in [9.17, 15) is 0 Å². The van der Waals surface area contributed by atoms with Crippen molar-refractivity contribution in [3.8, 4) is 5.75 Å². The molecule has 0 unspecified atom stereocenters. The summed E-state index contributed by atoms with van der Waals surface area (Å²) in [4.78, 5) is 3.98. The van der Waals surface area contributed by atoms with E-state index in [0.29, 0.717) is 6.61 Å². The molecule has 0 saturated heterocycles. The van der Waals surface area contributed by atoms with Gasteiger partial charge < -0.3 is 14.5 Å². The molecule has 0 aliphatic carbocycles. The summed E-state index contributed by atoms with van der Waals surface area (Å²) >= 11 is 0. The SMILES string of the molecule is CNCc1cc(COc2cccnc2)oc1C. The van der Waals surface area contributed by atoms with Crippen molar-refractivity contribution in [1.29, 1.82) is 0 Å². The summed E-state index contributed by atoms with van der Waals surface area (Å²) < 4.78 is 11.2. The van der Waals surface area contributed by atoms with E-state index in [1.54, 1.807) is 12.4 Å². The average molecular weight is 232 g/mol. The molecule has 4 nitrogen and oxygen atoms in total. The Morgan fingerprint density at radius 2 is 2.35 bits per heavy atom. The van der Waals surface area contributed by atoms with Gasteiger partial charge in [-0.25, -0.2) is 0 Å². The monoisotopic (exact) mass is 232 g/mol. The molecule has 2 rings (SSSR count). The number of pyridine rings is 1. The Labute approximate surface area is 101 Å². The van der Waals surface area contributed by atoms with Gasteiger partial charge in [-0.3, -0.25) is 4.98 Å². The Kier molecular flexibility index (Phi) is 3.77. The molecule has 4 heteroatoms. The Bertz CT molecular complexity index is 466. The van der Waals surface area contributed by atoms with Crippen LogP contribution in [0.3, 0.4) is 0 Å². The molecule has 90 valence electrons. The van der Waals surface area contributed by atoms with Gasteiger partial charge in [-0.15, -0.1) is 0 Å². The van der Waals surface area contributed by atoms with Gasteiger partial charge in [0.15, 0.2) is 0 Å². The van der Waals surface area contributed by atoms with E-state index < -0.39 is 0 Å². The van der Waals surface area contributed by atoms with Gasteiger partial charge in [-0.05, 0) is 32.2 Å². The van der Waals surface area contributed by atoms with Gasteiger partial charge >= 0.3 is 0 Å². The Hall–Kier alpha value is -1.81. The molecule has 0 amide bonds. The molecular weight excluding hydrogens is 216 g/mol. The summed E-state index contributed by atoms with van der Waals surface area (Å²) in [5.74, 6) is 2.51. The van der Waals surface area contributed by atoms with Crippen LogP contribution < -0.4 is 10.1 Å². The van der Waals surface area contributed by atoms with Crippen molar-refractivity contribution in [2.24, 2.45) is 0 Å². The highest BCUT2D eigenvalue weighted by molar-refractivity contribution is 5.21. The molecule has 2 heterocycles. The summed E-state index contributed by atoms with van der Waals surface area (Å²) in [5.41, 5.74) is 1.16. The van der Waals surface area contributed by atoms with E-state index in [1.165, 1.54) is 0 Å². The number of ether oxygens (including phenoxy) is 1. The topological polar surface area (TPSA) is 47.3 Å². The predicted molar refractivity (Wildman–Crippen MR) is 64.8 cm³/mol. The molecule has 0 radical (unpaired) electrons. The van der Waals surface area contributed by atoms with Crippen LogP contribution in [0.15, 0.2) is 35.0 Å². The zero-order valence-corrected chi connectivity index (χ0v) is 10.1.